The Morgan fingerprint density at radius 1 is 1.39 bits per heavy atom. The van der Waals surface area contributed by atoms with E-state index in [1.165, 1.54) is 12.8 Å². The Hall–Kier alpha value is -0.730. The van der Waals surface area contributed by atoms with E-state index in [-0.39, 0.29) is 6.04 Å². The standard InChI is InChI=1S/C15H22ClNO/c1-10-5-4-8-17(11(10)2)12(3)14-9-13(16)6-7-15(14)18/h6-7,9-12,18H,4-5,8H2,1-3H3. The summed E-state index contributed by atoms with van der Waals surface area (Å²) >= 11 is 6.04. The van der Waals surface area contributed by atoms with Gasteiger partial charge in [-0.25, -0.2) is 0 Å². The van der Waals surface area contributed by atoms with E-state index in [1.807, 2.05) is 6.07 Å². The largest absolute Gasteiger partial charge is 0.508 e. The van der Waals surface area contributed by atoms with Gasteiger partial charge in [0, 0.05) is 22.7 Å². The van der Waals surface area contributed by atoms with E-state index < -0.39 is 0 Å². The van der Waals surface area contributed by atoms with Crippen LogP contribution in [0.15, 0.2) is 18.2 Å². The van der Waals surface area contributed by atoms with Crippen LogP contribution in [-0.4, -0.2) is 22.6 Å². The molecule has 18 heavy (non-hydrogen) atoms. The quantitative estimate of drug-likeness (QED) is 0.867. The number of hydrogen-bond acceptors (Lipinski definition) is 2. The molecule has 1 saturated heterocycles. The number of likely N-dealkylation sites (tertiary alicyclic amines) is 1. The molecule has 1 aliphatic heterocycles. The summed E-state index contributed by atoms with van der Waals surface area (Å²) in [4.78, 5) is 2.47. The SMILES string of the molecule is CC1CCCN(C(C)c2cc(Cl)ccc2O)C1C. The minimum absolute atomic E-state index is 0.210. The van der Waals surface area contributed by atoms with Crippen molar-refractivity contribution in [1.82, 2.24) is 4.90 Å². The zero-order chi connectivity index (χ0) is 13.3. The maximum absolute atomic E-state index is 10.0. The molecule has 2 nitrogen and oxygen atoms in total. The maximum atomic E-state index is 10.0. The molecule has 0 amide bonds. The van der Waals surface area contributed by atoms with Gasteiger partial charge in [0.15, 0.2) is 0 Å². The molecule has 0 aliphatic carbocycles. The van der Waals surface area contributed by atoms with Gasteiger partial charge in [-0.2, -0.15) is 0 Å². The lowest BCUT2D eigenvalue weighted by Gasteiger charge is -2.42. The molecule has 1 fully saturated rings. The van der Waals surface area contributed by atoms with Crippen LogP contribution in [0.1, 0.15) is 45.2 Å². The van der Waals surface area contributed by atoms with Gasteiger partial charge in [-0.1, -0.05) is 18.5 Å². The van der Waals surface area contributed by atoms with Crippen molar-refractivity contribution in [3.63, 3.8) is 0 Å². The van der Waals surface area contributed by atoms with E-state index in [2.05, 4.69) is 25.7 Å². The molecule has 0 aromatic heterocycles. The Morgan fingerprint density at radius 3 is 2.83 bits per heavy atom. The highest BCUT2D eigenvalue weighted by Crippen LogP contribution is 2.35. The molecule has 100 valence electrons. The smallest absolute Gasteiger partial charge is 0.120 e. The van der Waals surface area contributed by atoms with Crippen molar-refractivity contribution in [2.24, 2.45) is 5.92 Å². The molecule has 1 aromatic carbocycles. The molecule has 1 N–H and O–H groups in total. The second-order valence-corrected chi connectivity index (χ2v) is 5.91. The van der Waals surface area contributed by atoms with Crippen LogP contribution < -0.4 is 0 Å². The normalized spacial score (nSPS) is 27.1. The lowest BCUT2D eigenvalue weighted by atomic mass is 9.89. The first-order chi connectivity index (χ1) is 8.50. The number of aromatic hydroxyl groups is 1. The van der Waals surface area contributed by atoms with E-state index in [9.17, 15) is 5.11 Å². The van der Waals surface area contributed by atoms with Gasteiger partial charge in [0.1, 0.15) is 5.75 Å². The third-order valence-electron chi connectivity index (χ3n) is 4.36. The molecule has 1 aliphatic rings. The summed E-state index contributed by atoms with van der Waals surface area (Å²) in [5.74, 6) is 1.06. The molecule has 1 aromatic rings. The average molecular weight is 268 g/mol. The summed E-state index contributed by atoms with van der Waals surface area (Å²) in [6, 6.07) is 6.06. The fourth-order valence-electron chi connectivity index (χ4n) is 2.95. The summed E-state index contributed by atoms with van der Waals surface area (Å²) in [5, 5.41) is 10.7. The number of halogens is 1. The Balaban J connectivity index is 2.24. The van der Waals surface area contributed by atoms with E-state index in [0.29, 0.717) is 22.7 Å². The number of benzene rings is 1. The number of phenols is 1. The molecule has 2 rings (SSSR count). The Kier molecular flexibility index (Phi) is 4.18. The lowest BCUT2D eigenvalue weighted by Crippen LogP contribution is -2.43. The Labute approximate surface area is 115 Å². The molecule has 0 radical (unpaired) electrons. The van der Waals surface area contributed by atoms with Crippen LogP contribution >= 0.6 is 11.6 Å². The highest BCUT2D eigenvalue weighted by atomic mass is 35.5. The monoisotopic (exact) mass is 267 g/mol. The van der Waals surface area contributed by atoms with Crippen LogP contribution in [0, 0.1) is 5.92 Å². The van der Waals surface area contributed by atoms with Gasteiger partial charge in [-0.15, -0.1) is 0 Å². The van der Waals surface area contributed by atoms with Crippen LogP contribution in [-0.2, 0) is 0 Å². The lowest BCUT2D eigenvalue weighted by molar-refractivity contribution is 0.0743. The summed E-state index contributed by atoms with van der Waals surface area (Å²) in [6.07, 6.45) is 2.53. The van der Waals surface area contributed by atoms with E-state index in [4.69, 9.17) is 11.6 Å². The van der Waals surface area contributed by atoms with Gasteiger partial charge in [-0.05, 0) is 57.4 Å². The minimum Gasteiger partial charge on any atom is -0.508 e. The first-order valence-corrected chi connectivity index (χ1v) is 7.12. The van der Waals surface area contributed by atoms with E-state index >= 15 is 0 Å². The highest BCUT2D eigenvalue weighted by Gasteiger charge is 2.29. The van der Waals surface area contributed by atoms with E-state index in [0.717, 1.165) is 12.1 Å². The van der Waals surface area contributed by atoms with Gasteiger partial charge in [0.2, 0.25) is 0 Å². The molecule has 0 bridgehead atoms. The molecule has 3 unspecified atom stereocenters. The van der Waals surface area contributed by atoms with Crippen LogP contribution in [0.5, 0.6) is 5.75 Å². The minimum atomic E-state index is 0.210. The zero-order valence-electron chi connectivity index (χ0n) is 11.4. The first-order valence-electron chi connectivity index (χ1n) is 6.75. The van der Waals surface area contributed by atoms with Crippen molar-refractivity contribution in [2.45, 2.75) is 45.7 Å². The zero-order valence-corrected chi connectivity index (χ0v) is 12.1. The molecular formula is C15H22ClNO. The number of piperidine rings is 1. The van der Waals surface area contributed by atoms with Crippen molar-refractivity contribution in [3.8, 4) is 5.75 Å². The molecular weight excluding hydrogens is 246 g/mol. The number of hydrogen-bond donors (Lipinski definition) is 1. The van der Waals surface area contributed by atoms with E-state index in [1.54, 1.807) is 12.1 Å². The first kappa shape index (κ1) is 13.7. The summed E-state index contributed by atoms with van der Waals surface area (Å²) in [6.45, 7) is 7.84. The predicted molar refractivity (Wildman–Crippen MR) is 76.1 cm³/mol. The maximum Gasteiger partial charge on any atom is 0.120 e. The second kappa shape index (κ2) is 5.50. The number of nitrogens with zero attached hydrogens (tertiary/aromatic N) is 1. The summed E-state index contributed by atoms with van der Waals surface area (Å²) in [7, 11) is 0. The van der Waals surface area contributed by atoms with Crippen molar-refractivity contribution < 1.29 is 5.11 Å². The fourth-order valence-corrected chi connectivity index (χ4v) is 3.13. The van der Waals surface area contributed by atoms with Crippen molar-refractivity contribution in [1.29, 1.82) is 0 Å². The number of phenolic OH excluding ortho intramolecular Hbond substituents is 1. The summed E-state index contributed by atoms with van der Waals surface area (Å²) < 4.78 is 0. The van der Waals surface area contributed by atoms with Gasteiger partial charge in [0.05, 0.1) is 0 Å². The molecule has 0 spiro atoms. The van der Waals surface area contributed by atoms with Crippen molar-refractivity contribution >= 4 is 11.6 Å². The molecule has 1 heterocycles. The van der Waals surface area contributed by atoms with Crippen LogP contribution in [0.3, 0.4) is 0 Å². The Morgan fingerprint density at radius 2 is 2.11 bits per heavy atom. The molecule has 0 saturated carbocycles. The van der Waals surface area contributed by atoms with Crippen molar-refractivity contribution in [3.05, 3.63) is 28.8 Å². The molecule has 3 heteroatoms. The third-order valence-corrected chi connectivity index (χ3v) is 4.59. The van der Waals surface area contributed by atoms with Gasteiger partial charge >= 0.3 is 0 Å². The topological polar surface area (TPSA) is 23.5 Å². The molecule has 3 atom stereocenters. The van der Waals surface area contributed by atoms with Crippen molar-refractivity contribution in [2.75, 3.05) is 6.54 Å². The van der Waals surface area contributed by atoms with Gasteiger partial charge in [0.25, 0.3) is 0 Å². The Bertz CT molecular complexity index is 421. The fraction of sp³-hybridized carbons (Fsp3) is 0.600. The van der Waals surface area contributed by atoms with Crippen LogP contribution in [0.4, 0.5) is 0 Å². The second-order valence-electron chi connectivity index (χ2n) is 5.48. The average Bonchev–Trinajstić information content (AvgIpc) is 2.35. The van der Waals surface area contributed by atoms with Crippen LogP contribution in [0.25, 0.3) is 0 Å². The highest BCUT2D eigenvalue weighted by molar-refractivity contribution is 6.30. The van der Waals surface area contributed by atoms with Crippen LogP contribution in [0.2, 0.25) is 5.02 Å². The van der Waals surface area contributed by atoms with Gasteiger partial charge < -0.3 is 5.11 Å². The summed E-state index contributed by atoms with van der Waals surface area (Å²) in [5.41, 5.74) is 0.934. The van der Waals surface area contributed by atoms with Gasteiger partial charge in [-0.3, -0.25) is 4.90 Å². The third kappa shape index (κ3) is 2.65. The predicted octanol–water partition coefficient (Wildman–Crippen LogP) is 4.23. The number of rotatable bonds is 2.